The summed E-state index contributed by atoms with van der Waals surface area (Å²) in [6, 6.07) is 1.54. The minimum Gasteiger partial charge on any atom is -0.480 e. The van der Waals surface area contributed by atoms with Gasteiger partial charge in [0.2, 0.25) is 5.76 Å². The van der Waals surface area contributed by atoms with Gasteiger partial charge in [0.05, 0.1) is 5.69 Å². The number of carboxylic acid groups (broad SMARTS) is 1. The molecule has 0 aliphatic carbocycles. The highest BCUT2D eigenvalue weighted by Crippen LogP contribution is 2.19. The normalized spacial score (nSPS) is 11.7. The Kier molecular flexibility index (Phi) is 3.79. The topological polar surface area (TPSA) is 83.6 Å². The van der Waals surface area contributed by atoms with Gasteiger partial charge in [0, 0.05) is 13.1 Å². The van der Waals surface area contributed by atoms with Crippen molar-refractivity contribution in [2.75, 3.05) is 7.05 Å². The van der Waals surface area contributed by atoms with E-state index in [4.69, 9.17) is 9.63 Å². The van der Waals surface area contributed by atoms with Crippen LogP contribution in [0.2, 0.25) is 0 Å². The highest BCUT2D eigenvalue weighted by atomic mass is 16.5. The molecule has 18 heavy (non-hydrogen) atoms. The first-order chi connectivity index (χ1) is 8.17. The fraction of sp³-hybridized carbons (Fsp3) is 0.583. The first kappa shape index (κ1) is 14.2. The number of rotatable bonds is 4. The van der Waals surface area contributed by atoms with Crippen LogP contribution < -0.4 is 0 Å². The SMILES string of the molecule is CC(C)c1cc(C(=O)N(C)C(C)(C)C(=O)O)on1. The number of amides is 1. The second-order valence-corrected chi connectivity index (χ2v) is 5.00. The van der Waals surface area contributed by atoms with E-state index in [2.05, 4.69) is 5.16 Å². The smallest absolute Gasteiger partial charge is 0.329 e. The van der Waals surface area contributed by atoms with Gasteiger partial charge in [-0.2, -0.15) is 0 Å². The Bertz CT molecular complexity index is 462. The van der Waals surface area contributed by atoms with Gasteiger partial charge in [-0.25, -0.2) is 4.79 Å². The molecule has 0 unspecified atom stereocenters. The number of nitrogens with zero attached hydrogens (tertiary/aromatic N) is 2. The van der Waals surface area contributed by atoms with Gasteiger partial charge in [-0.15, -0.1) is 0 Å². The molecule has 1 aromatic heterocycles. The lowest BCUT2D eigenvalue weighted by molar-refractivity contribution is -0.147. The van der Waals surface area contributed by atoms with E-state index in [0.29, 0.717) is 5.69 Å². The summed E-state index contributed by atoms with van der Waals surface area (Å²) in [5.41, 5.74) is -0.637. The van der Waals surface area contributed by atoms with Crippen LogP contribution in [0.15, 0.2) is 10.6 Å². The zero-order valence-electron chi connectivity index (χ0n) is 11.2. The summed E-state index contributed by atoms with van der Waals surface area (Å²) in [6.07, 6.45) is 0. The summed E-state index contributed by atoms with van der Waals surface area (Å²) in [4.78, 5) is 24.3. The zero-order valence-corrected chi connectivity index (χ0v) is 11.2. The maximum atomic E-state index is 12.1. The van der Waals surface area contributed by atoms with Gasteiger partial charge >= 0.3 is 5.97 Å². The zero-order chi connectivity index (χ0) is 14.1. The van der Waals surface area contributed by atoms with Crippen LogP contribution in [-0.2, 0) is 4.79 Å². The third-order valence-electron chi connectivity index (χ3n) is 3.00. The van der Waals surface area contributed by atoms with Crippen molar-refractivity contribution in [1.29, 1.82) is 0 Å². The molecule has 0 spiro atoms. The third-order valence-corrected chi connectivity index (χ3v) is 3.00. The average Bonchev–Trinajstić information content (AvgIpc) is 2.76. The van der Waals surface area contributed by atoms with Crippen LogP contribution in [0.5, 0.6) is 0 Å². The lowest BCUT2D eigenvalue weighted by Crippen LogP contribution is -2.50. The fourth-order valence-corrected chi connectivity index (χ4v) is 1.22. The molecule has 0 bridgehead atoms. The summed E-state index contributed by atoms with van der Waals surface area (Å²) in [5, 5.41) is 12.8. The molecule has 100 valence electrons. The molecule has 6 nitrogen and oxygen atoms in total. The monoisotopic (exact) mass is 254 g/mol. The molecule has 0 aliphatic heterocycles. The standard InChI is InChI=1S/C12H18N2O4/c1-7(2)8-6-9(18-13-8)10(15)14(5)12(3,4)11(16)17/h6-7H,1-5H3,(H,16,17). The highest BCUT2D eigenvalue weighted by molar-refractivity contribution is 5.95. The Morgan fingerprint density at radius 3 is 2.39 bits per heavy atom. The minimum atomic E-state index is -1.30. The summed E-state index contributed by atoms with van der Waals surface area (Å²) in [7, 11) is 1.42. The number of hydrogen-bond donors (Lipinski definition) is 1. The molecule has 1 rings (SSSR count). The molecule has 1 amide bonds. The second-order valence-electron chi connectivity index (χ2n) is 5.00. The van der Waals surface area contributed by atoms with E-state index in [-0.39, 0.29) is 11.7 Å². The van der Waals surface area contributed by atoms with Gasteiger partial charge < -0.3 is 14.5 Å². The molecule has 0 fully saturated rings. The Hall–Kier alpha value is -1.85. The summed E-state index contributed by atoms with van der Waals surface area (Å²) in [5.74, 6) is -1.38. The van der Waals surface area contributed by atoms with Gasteiger partial charge in [-0.3, -0.25) is 4.79 Å². The van der Waals surface area contributed by atoms with Crippen LogP contribution >= 0.6 is 0 Å². The van der Waals surface area contributed by atoms with Crippen molar-refractivity contribution in [2.45, 2.75) is 39.2 Å². The molecular weight excluding hydrogens is 236 g/mol. The van der Waals surface area contributed by atoms with Crippen molar-refractivity contribution in [3.05, 3.63) is 17.5 Å². The molecular formula is C12H18N2O4. The average molecular weight is 254 g/mol. The Balaban J connectivity index is 2.96. The lowest BCUT2D eigenvalue weighted by atomic mass is 10.0. The molecule has 0 aliphatic rings. The Morgan fingerprint density at radius 1 is 1.44 bits per heavy atom. The summed E-state index contributed by atoms with van der Waals surface area (Å²) in [6.45, 7) is 6.76. The van der Waals surface area contributed by atoms with Gasteiger partial charge in [0.15, 0.2) is 0 Å². The Labute approximate surface area is 106 Å². The predicted molar refractivity (Wildman–Crippen MR) is 64.4 cm³/mol. The van der Waals surface area contributed by atoms with Crippen molar-refractivity contribution in [2.24, 2.45) is 0 Å². The summed E-state index contributed by atoms with van der Waals surface area (Å²) < 4.78 is 4.95. The van der Waals surface area contributed by atoms with Gasteiger partial charge in [-0.1, -0.05) is 19.0 Å². The molecule has 0 atom stereocenters. The number of aromatic nitrogens is 1. The maximum absolute atomic E-state index is 12.1. The lowest BCUT2D eigenvalue weighted by Gasteiger charge is -2.30. The van der Waals surface area contributed by atoms with Crippen molar-refractivity contribution in [1.82, 2.24) is 10.1 Å². The van der Waals surface area contributed by atoms with Crippen LogP contribution in [0, 0.1) is 0 Å². The van der Waals surface area contributed by atoms with Gasteiger partial charge in [0.1, 0.15) is 5.54 Å². The van der Waals surface area contributed by atoms with E-state index in [1.54, 1.807) is 6.07 Å². The number of hydrogen-bond acceptors (Lipinski definition) is 4. The molecule has 0 radical (unpaired) electrons. The second kappa shape index (κ2) is 4.80. The van der Waals surface area contributed by atoms with E-state index < -0.39 is 17.4 Å². The number of carbonyl (C=O) groups excluding carboxylic acids is 1. The molecule has 1 aromatic rings. The number of carbonyl (C=O) groups is 2. The molecule has 1 N–H and O–H groups in total. The van der Waals surface area contributed by atoms with E-state index >= 15 is 0 Å². The van der Waals surface area contributed by atoms with Crippen molar-refractivity contribution in [3.63, 3.8) is 0 Å². The largest absolute Gasteiger partial charge is 0.480 e. The molecule has 1 heterocycles. The molecule has 0 aromatic carbocycles. The molecule has 0 saturated carbocycles. The number of carboxylic acids is 1. The van der Waals surface area contributed by atoms with Crippen molar-refractivity contribution in [3.8, 4) is 0 Å². The van der Waals surface area contributed by atoms with Crippen LogP contribution in [0.1, 0.15) is 49.9 Å². The molecule has 6 heteroatoms. The van der Waals surface area contributed by atoms with E-state index in [1.807, 2.05) is 13.8 Å². The van der Waals surface area contributed by atoms with Crippen LogP contribution in [-0.4, -0.2) is 39.6 Å². The van der Waals surface area contributed by atoms with Gasteiger partial charge in [-0.05, 0) is 19.8 Å². The van der Waals surface area contributed by atoms with Crippen molar-refractivity contribution >= 4 is 11.9 Å². The Morgan fingerprint density at radius 2 is 2.00 bits per heavy atom. The van der Waals surface area contributed by atoms with E-state index in [1.165, 1.54) is 20.9 Å². The maximum Gasteiger partial charge on any atom is 0.329 e. The highest BCUT2D eigenvalue weighted by Gasteiger charge is 2.37. The van der Waals surface area contributed by atoms with E-state index in [0.717, 1.165) is 4.90 Å². The fourth-order valence-electron chi connectivity index (χ4n) is 1.22. The van der Waals surface area contributed by atoms with Crippen LogP contribution in [0.25, 0.3) is 0 Å². The first-order valence-corrected chi connectivity index (χ1v) is 5.66. The first-order valence-electron chi connectivity index (χ1n) is 5.66. The minimum absolute atomic E-state index is 0.0514. The van der Waals surface area contributed by atoms with Crippen LogP contribution in [0.4, 0.5) is 0 Å². The summed E-state index contributed by atoms with van der Waals surface area (Å²) >= 11 is 0. The van der Waals surface area contributed by atoms with Crippen LogP contribution in [0.3, 0.4) is 0 Å². The quantitative estimate of drug-likeness (QED) is 0.884. The van der Waals surface area contributed by atoms with E-state index in [9.17, 15) is 9.59 Å². The predicted octanol–water partition coefficient (Wildman–Crippen LogP) is 1.73. The third kappa shape index (κ3) is 2.52. The molecule has 0 saturated heterocycles. The van der Waals surface area contributed by atoms with Gasteiger partial charge in [0.25, 0.3) is 5.91 Å². The van der Waals surface area contributed by atoms with Crippen molar-refractivity contribution < 1.29 is 19.2 Å². The number of likely N-dealkylation sites (N-methyl/N-ethyl adjacent to an activating group) is 1. The number of aliphatic carboxylic acids is 1.